The van der Waals surface area contributed by atoms with E-state index in [1.807, 2.05) is 0 Å². The number of hydrogen-bond acceptors (Lipinski definition) is 8. The molecular formula is C15H20O8-4. The summed E-state index contributed by atoms with van der Waals surface area (Å²) in [4.78, 5) is 47.1. The van der Waals surface area contributed by atoms with Crippen LogP contribution in [0.5, 0.6) is 0 Å². The number of hydrogen-bond donors (Lipinski definition) is 0. The van der Waals surface area contributed by atoms with Gasteiger partial charge in [0, 0.05) is 22.8 Å². The minimum atomic E-state index is -3.08. The third-order valence-electron chi connectivity index (χ3n) is 5.25. The summed E-state index contributed by atoms with van der Waals surface area (Å²) in [6, 6.07) is 0. The molecule has 0 amide bonds. The zero-order valence-electron chi connectivity index (χ0n) is 13.6. The molecule has 0 aliphatic heterocycles. The SMILES string of the molecule is CCC(CC)(C(=O)[O-])C(CC)(C(=O)[O-])C(CC)(C(=O)[O-])C(=O)[O-]. The van der Waals surface area contributed by atoms with Gasteiger partial charge in [-0.15, -0.1) is 0 Å². The predicted molar refractivity (Wildman–Crippen MR) is 68.5 cm³/mol. The summed E-state index contributed by atoms with van der Waals surface area (Å²) >= 11 is 0. The molecular weight excluding hydrogens is 308 g/mol. The summed E-state index contributed by atoms with van der Waals surface area (Å²) in [6.07, 6.45) is -2.10. The Morgan fingerprint density at radius 1 is 0.609 bits per heavy atom. The van der Waals surface area contributed by atoms with E-state index in [4.69, 9.17) is 0 Å². The van der Waals surface area contributed by atoms with Crippen LogP contribution in [0, 0.1) is 16.2 Å². The van der Waals surface area contributed by atoms with Crippen LogP contribution in [0.4, 0.5) is 0 Å². The maximum atomic E-state index is 12.0. The average molecular weight is 328 g/mol. The van der Waals surface area contributed by atoms with Crippen LogP contribution < -0.4 is 20.4 Å². The highest BCUT2D eigenvalue weighted by Gasteiger charge is 2.63. The zero-order chi connectivity index (χ0) is 18.6. The van der Waals surface area contributed by atoms with Crippen molar-refractivity contribution in [1.82, 2.24) is 0 Å². The van der Waals surface area contributed by atoms with Gasteiger partial charge in [-0.05, 0) is 25.7 Å². The van der Waals surface area contributed by atoms with Crippen LogP contribution in [-0.2, 0) is 19.2 Å². The number of carbonyl (C=O) groups excluding carboxylic acids is 4. The standard InChI is InChI=1S/C15H24O8/c1-5-13(6-2,9(16)17)15(8-4,12(22)23)14(7-3,10(18)19)11(20)21/h5-8H2,1-4H3,(H,16,17)(H,18,19)(H,20,21)(H,22,23)/p-4. The van der Waals surface area contributed by atoms with Gasteiger partial charge < -0.3 is 39.6 Å². The molecule has 0 radical (unpaired) electrons. The highest BCUT2D eigenvalue weighted by atomic mass is 16.4. The van der Waals surface area contributed by atoms with Crippen molar-refractivity contribution in [3.8, 4) is 0 Å². The van der Waals surface area contributed by atoms with E-state index >= 15 is 0 Å². The second kappa shape index (κ2) is 6.97. The van der Waals surface area contributed by atoms with Crippen LogP contribution in [0.15, 0.2) is 0 Å². The number of aliphatic carboxylic acids is 4. The summed E-state index contributed by atoms with van der Waals surface area (Å²) in [7, 11) is 0. The van der Waals surface area contributed by atoms with Gasteiger partial charge in [0.05, 0.1) is 17.4 Å². The van der Waals surface area contributed by atoms with Crippen LogP contribution in [0.25, 0.3) is 0 Å². The molecule has 0 N–H and O–H groups in total. The molecule has 0 saturated carbocycles. The normalized spacial score (nSPS) is 14.8. The molecule has 0 aromatic carbocycles. The van der Waals surface area contributed by atoms with E-state index in [0.717, 1.165) is 6.92 Å². The lowest BCUT2D eigenvalue weighted by molar-refractivity contribution is -0.379. The fraction of sp³-hybridized carbons (Fsp3) is 0.733. The molecule has 0 aliphatic carbocycles. The third kappa shape index (κ3) is 2.36. The van der Waals surface area contributed by atoms with Gasteiger partial charge in [-0.2, -0.15) is 0 Å². The van der Waals surface area contributed by atoms with Gasteiger partial charge in [0.1, 0.15) is 0 Å². The lowest BCUT2D eigenvalue weighted by Crippen LogP contribution is -2.74. The van der Waals surface area contributed by atoms with Crippen LogP contribution >= 0.6 is 0 Å². The molecule has 1 atom stereocenters. The quantitative estimate of drug-likeness (QED) is 0.375. The van der Waals surface area contributed by atoms with Crippen molar-refractivity contribution in [1.29, 1.82) is 0 Å². The van der Waals surface area contributed by atoms with Crippen molar-refractivity contribution in [3.05, 3.63) is 0 Å². The molecule has 0 saturated heterocycles. The van der Waals surface area contributed by atoms with E-state index in [1.165, 1.54) is 20.8 Å². The fourth-order valence-electron chi connectivity index (χ4n) is 3.90. The van der Waals surface area contributed by atoms with E-state index in [2.05, 4.69) is 0 Å². The van der Waals surface area contributed by atoms with E-state index in [1.54, 1.807) is 0 Å². The molecule has 8 heteroatoms. The van der Waals surface area contributed by atoms with Crippen molar-refractivity contribution < 1.29 is 39.6 Å². The Morgan fingerprint density at radius 2 is 1.00 bits per heavy atom. The van der Waals surface area contributed by atoms with Gasteiger partial charge in [-0.3, -0.25) is 0 Å². The fourth-order valence-corrected chi connectivity index (χ4v) is 3.90. The Morgan fingerprint density at radius 3 is 1.13 bits per heavy atom. The number of carboxylic acid groups (broad SMARTS) is 4. The van der Waals surface area contributed by atoms with Crippen LogP contribution in [0.3, 0.4) is 0 Å². The summed E-state index contributed by atoms with van der Waals surface area (Å²) in [5.41, 5.74) is -8.15. The maximum absolute atomic E-state index is 12.0. The minimum absolute atomic E-state index is 0.365. The predicted octanol–water partition coefficient (Wildman–Crippen LogP) is -3.41. The van der Waals surface area contributed by atoms with Crippen molar-refractivity contribution >= 4 is 23.9 Å². The van der Waals surface area contributed by atoms with E-state index in [9.17, 15) is 39.6 Å². The van der Waals surface area contributed by atoms with Gasteiger partial charge in [0.15, 0.2) is 0 Å². The monoisotopic (exact) mass is 328 g/mol. The Labute approximate surface area is 134 Å². The molecule has 0 aromatic heterocycles. The smallest absolute Gasteiger partial charge is 0.0608 e. The van der Waals surface area contributed by atoms with E-state index in [-0.39, 0.29) is 12.8 Å². The lowest BCUT2D eigenvalue weighted by atomic mass is 9.46. The Bertz CT molecular complexity index is 492. The number of rotatable bonds is 10. The van der Waals surface area contributed by atoms with Gasteiger partial charge in [-0.25, -0.2) is 0 Å². The van der Waals surface area contributed by atoms with Gasteiger partial charge in [0.25, 0.3) is 0 Å². The molecule has 0 spiro atoms. The summed E-state index contributed by atoms with van der Waals surface area (Å²) in [6.45, 7) is 4.94. The summed E-state index contributed by atoms with van der Waals surface area (Å²) in [5.74, 6) is -8.39. The Balaban J connectivity index is 7.26. The largest absolute Gasteiger partial charge is 0.550 e. The number of carbonyl (C=O) groups is 4. The molecule has 0 rings (SSSR count). The lowest BCUT2D eigenvalue weighted by Gasteiger charge is -2.61. The second-order valence-electron chi connectivity index (χ2n) is 5.46. The topological polar surface area (TPSA) is 161 Å². The highest BCUT2D eigenvalue weighted by Crippen LogP contribution is 2.58. The first kappa shape index (κ1) is 20.9. The third-order valence-corrected chi connectivity index (χ3v) is 5.25. The molecule has 0 aromatic rings. The molecule has 132 valence electrons. The van der Waals surface area contributed by atoms with Crippen LogP contribution in [0.2, 0.25) is 0 Å². The Hall–Kier alpha value is -2.12. The van der Waals surface area contributed by atoms with Gasteiger partial charge >= 0.3 is 0 Å². The maximum Gasteiger partial charge on any atom is 0.0608 e. The summed E-state index contributed by atoms with van der Waals surface area (Å²) in [5, 5.41) is 47.1. The van der Waals surface area contributed by atoms with Crippen molar-refractivity contribution in [3.63, 3.8) is 0 Å². The molecule has 23 heavy (non-hydrogen) atoms. The van der Waals surface area contributed by atoms with Crippen LogP contribution in [0.1, 0.15) is 53.4 Å². The first-order valence-electron chi connectivity index (χ1n) is 7.38. The number of carboxylic acids is 4. The zero-order valence-corrected chi connectivity index (χ0v) is 13.6. The van der Waals surface area contributed by atoms with Crippen molar-refractivity contribution in [2.45, 2.75) is 53.4 Å². The first-order valence-corrected chi connectivity index (χ1v) is 7.38. The van der Waals surface area contributed by atoms with Crippen molar-refractivity contribution in [2.75, 3.05) is 0 Å². The molecule has 0 bridgehead atoms. The molecule has 0 aliphatic rings. The van der Waals surface area contributed by atoms with E-state index < -0.39 is 53.0 Å². The molecule has 8 nitrogen and oxygen atoms in total. The minimum Gasteiger partial charge on any atom is -0.550 e. The van der Waals surface area contributed by atoms with E-state index in [0.29, 0.717) is 0 Å². The first-order chi connectivity index (χ1) is 10.5. The van der Waals surface area contributed by atoms with Gasteiger partial charge in [0.2, 0.25) is 0 Å². The second-order valence-corrected chi connectivity index (χ2v) is 5.46. The molecule has 0 fully saturated rings. The van der Waals surface area contributed by atoms with Gasteiger partial charge in [-0.1, -0.05) is 27.7 Å². The van der Waals surface area contributed by atoms with Crippen molar-refractivity contribution in [2.24, 2.45) is 16.2 Å². The molecule has 1 unspecified atom stereocenters. The summed E-state index contributed by atoms with van der Waals surface area (Å²) < 4.78 is 0. The van der Waals surface area contributed by atoms with Crippen LogP contribution in [-0.4, -0.2) is 23.9 Å². The highest BCUT2D eigenvalue weighted by molar-refractivity contribution is 6.04. The Kier molecular flexibility index (Phi) is 6.33. The molecule has 0 heterocycles. The average Bonchev–Trinajstić information content (AvgIpc) is 2.46.